The van der Waals surface area contributed by atoms with E-state index in [2.05, 4.69) is 5.32 Å². The van der Waals surface area contributed by atoms with Crippen LogP contribution in [0.3, 0.4) is 0 Å². The van der Waals surface area contributed by atoms with Crippen molar-refractivity contribution in [2.75, 3.05) is 18.4 Å². The Labute approximate surface area is 110 Å². The molecule has 6 heteroatoms. The third kappa shape index (κ3) is 2.83. The number of hydrogen-bond acceptors (Lipinski definition) is 2. The predicted molar refractivity (Wildman–Crippen MR) is 67.5 cm³/mol. The number of hydrogen-bond donors (Lipinski definition) is 2. The maximum absolute atomic E-state index is 13.3. The van der Waals surface area contributed by atoms with Crippen LogP contribution >= 0.6 is 0 Å². The zero-order valence-electron chi connectivity index (χ0n) is 10.5. The maximum atomic E-state index is 13.3. The topological polar surface area (TPSA) is 69.6 Å². The number of carbonyl (C=O) groups excluding carboxylic acids is 1. The van der Waals surface area contributed by atoms with Gasteiger partial charge < -0.3 is 15.3 Å². The largest absolute Gasteiger partial charge is 0.481 e. The van der Waals surface area contributed by atoms with E-state index in [1.54, 1.807) is 13.0 Å². The summed E-state index contributed by atoms with van der Waals surface area (Å²) in [4.78, 5) is 24.2. The molecule has 102 valence electrons. The second kappa shape index (κ2) is 5.26. The third-order valence-corrected chi connectivity index (χ3v) is 3.33. The van der Waals surface area contributed by atoms with Crippen molar-refractivity contribution < 1.29 is 19.1 Å². The predicted octanol–water partition coefficient (Wildman–Crippen LogP) is 2.07. The first kappa shape index (κ1) is 13.3. The molecule has 1 saturated heterocycles. The summed E-state index contributed by atoms with van der Waals surface area (Å²) in [5, 5.41) is 11.5. The zero-order chi connectivity index (χ0) is 14.0. The summed E-state index contributed by atoms with van der Waals surface area (Å²) >= 11 is 0. The lowest BCUT2D eigenvalue weighted by Crippen LogP contribution is -2.34. The fourth-order valence-corrected chi connectivity index (χ4v) is 2.08. The number of anilines is 1. The second-order valence-corrected chi connectivity index (χ2v) is 4.61. The first-order valence-corrected chi connectivity index (χ1v) is 6.03. The molecule has 0 aliphatic carbocycles. The van der Waals surface area contributed by atoms with E-state index in [-0.39, 0.29) is 12.4 Å². The summed E-state index contributed by atoms with van der Waals surface area (Å²) in [6.45, 7) is 2.17. The molecule has 1 atom stereocenters. The van der Waals surface area contributed by atoms with E-state index < -0.39 is 17.9 Å². The Bertz CT molecular complexity index is 519. The smallest absolute Gasteiger partial charge is 0.321 e. The van der Waals surface area contributed by atoms with Crippen molar-refractivity contribution in [3.05, 3.63) is 29.6 Å². The molecule has 1 aromatic rings. The number of nitrogens with zero attached hydrogens (tertiary/aromatic N) is 1. The van der Waals surface area contributed by atoms with Crippen LogP contribution < -0.4 is 5.32 Å². The van der Waals surface area contributed by atoms with Crippen LogP contribution in [0.4, 0.5) is 14.9 Å². The standard InChI is InChI=1S/C13H15FN2O3/c1-8-10(14)3-2-4-11(8)15-13(19)16-6-5-9(7-16)12(17)18/h2-4,9H,5-7H2,1H3,(H,15,19)(H,17,18). The van der Waals surface area contributed by atoms with Gasteiger partial charge in [-0.25, -0.2) is 9.18 Å². The molecule has 2 N–H and O–H groups in total. The van der Waals surface area contributed by atoms with Crippen LogP contribution in [0, 0.1) is 18.7 Å². The summed E-state index contributed by atoms with van der Waals surface area (Å²) < 4.78 is 13.3. The minimum absolute atomic E-state index is 0.190. The number of likely N-dealkylation sites (tertiary alicyclic amines) is 1. The lowest BCUT2D eigenvalue weighted by molar-refractivity contribution is -0.141. The maximum Gasteiger partial charge on any atom is 0.321 e. The van der Waals surface area contributed by atoms with E-state index in [0.717, 1.165) is 0 Å². The Morgan fingerprint density at radius 2 is 2.21 bits per heavy atom. The van der Waals surface area contributed by atoms with Gasteiger partial charge in [0.1, 0.15) is 5.82 Å². The monoisotopic (exact) mass is 266 g/mol. The highest BCUT2D eigenvalue weighted by molar-refractivity contribution is 5.90. The van der Waals surface area contributed by atoms with E-state index >= 15 is 0 Å². The molecule has 2 rings (SSSR count). The van der Waals surface area contributed by atoms with Crippen molar-refractivity contribution in [3.8, 4) is 0 Å². The Kier molecular flexibility index (Phi) is 3.69. The van der Waals surface area contributed by atoms with E-state index in [1.165, 1.54) is 17.0 Å². The Morgan fingerprint density at radius 3 is 2.84 bits per heavy atom. The number of rotatable bonds is 2. The lowest BCUT2D eigenvalue weighted by Gasteiger charge is -2.17. The number of carboxylic acid groups (broad SMARTS) is 1. The van der Waals surface area contributed by atoms with Crippen LogP contribution in [0.5, 0.6) is 0 Å². The Balaban J connectivity index is 2.02. The zero-order valence-corrected chi connectivity index (χ0v) is 10.5. The van der Waals surface area contributed by atoms with Gasteiger partial charge in [-0.1, -0.05) is 6.07 Å². The van der Waals surface area contributed by atoms with Gasteiger partial charge in [-0.15, -0.1) is 0 Å². The summed E-state index contributed by atoms with van der Waals surface area (Å²) in [7, 11) is 0. The summed E-state index contributed by atoms with van der Waals surface area (Å²) in [5.41, 5.74) is 0.772. The van der Waals surface area contributed by atoms with Gasteiger partial charge in [0.2, 0.25) is 0 Å². The van der Waals surface area contributed by atoms with Gasteiger partial charge in [0.05, 0.1) is 5.92 Å². The molecule has 19 heavy (non-hydrogen) atoms. The Morgan fingerprint density at radius 1 is 1.47 bits per heavy atom. The summed E-state index contributed by atoms with van der Waals surface area (Å²) in [6.07, 6.45) is 0.449. The number of halogens is 1. The van der Waals surface area contributed by atoms with Gasteiger partial charge in [0, 0.05) is 24.3 Å². The fourth-order valence-electron chi connectivity index (χ4n) is 2.08. The van der Waals surface area contributed by atoms with Crippen LogP contribution in [-0.2, 0) is 4.79 Å². The van der Waals surface area contributed by atoms with Crippen molar-refractivity contribution in [1.29, 1.82) is 0 Å². The highest BCUT2D eigenvalue weighted by atomic mass is 19.1. The molecular formula is C13H15FN2O3. The van der Waals surface area contributed by atoms with Crippen molar-refractivity contribution in [3.63, 3.8) is 0 Å². The average Bonchev–Trinajstić information content (AvgIpc) is 2.84. The van der Waals surface area contributed by atoms with Crippen LogP contribution in [0.25, 0.3) is 0 Å². The lowest BCUT2D eigenvalue weighted by atomic mass is 10.1. The number of nitrogens with one attached hydrogen (secondary N) is 1. The molecule has 1 aromatic carbocycles. The number of urea groups is 1. The molecule has 0 spiro atoms. The van der Waals surface area contributed by atoms with Gasteiger partial charge >= 0.3 is 12.0 Å². The fraction of sp³-hybridized carbons (Fsp3) is 0.385. The highest BCUT2D eigenvalue weighted by Gasteiger charge is 2.30. The van der Waals surface area contributed by atoms with Crippen LogP contribution in [0.15, 0.2) is 18.2 Å². The van der Waals surface area contributed by atoms with Gasteiger partial charge in [-0.05, 0) is 25.5 Å². The Hall–Kier alpha value is -2.11. The molecule has 1 heterocycles. The minimum atomic E-state index is -0.891. The molecule has 1 aliphatic heterocycles. The minimum Gasteiger partial charge on any atom is -0.481 e. The van der Waals surface area contributed by atoms with Crippen molar-refractivity contribution in [1.82, 2.24) is 4.90 Å². The number of amides is 2. The quantitative estimate of drug-likeness (QED) is 0.861. The normalized spacial score (nSPS) is 18.4. The number of aliphatic carboxylic acids is 1. The van der Waals surface area contributed by atoms with Gasteiger partial charge in [0.15, 0.2) is 0 Å². The van der Waals surface area contributed by atoms with Gasteiger partial charge in [-0.2, -0.15) is 0 Å². The molecule has 0 radical (unpaired) electrons. The van der Waals surface area contributed by atoms with E-state index in [1.807, 2.05) is 0 Å². The van der Waals surface area contributed by atoms with E-state index in [0.29, 0.717) is 24.2 Å². The number of carboxylic acids is 1. The van der Waals surface area contributed by atoms with Crippen LogP contribution in [-0.4, -0.2) is 35.1 Å². The van der Waals surface area contributed by atoms with Crippen molar-refractivity contribution in [2.24, 2.45) is 5.92 Å². The second-order valence-electron chi connectivity index (χ2n) is 4.61. The highest BCUT2D eigenvalue weighted by Crippen LogP contribution is 2.20. The summed E-state index contributed by atoms with van der Waals surface area (Å²) in [5.74, 6) is -1.79. The van der Waals surface area contributed by atoms with Gasteiger partial charge in [-0.3, -0.25) is 4.79 Å². The first-order chi connectivity index (χ1) is 8.99. The van der Waals surface area contributed by atoms with Gasteiger partial charge in [0.25, 0.3) is 0 Å². The molecule has 0 aromatic heterocycles. The first-order valence-electron chi connectivity index (χ1n) is 6.03. The SMILES string of the molecule is Cc1c(F)cccc1NC(=O)N1CCC(C(=O)O)C1. The molecule has 1 aliphatic rings. The van der Waals surface area contributed by atoms with Crippen molar-refractivity contribution in [2.45, 2.75) is 13.3 Å². The molecule has 2 amide bonds. The third-order valence-electron chi connectivity index (χ3n) is 3.33. The van der Waals surface area contributed by atoms with Crippen LogP contribution in [0.1, 0.15) is 12.0 Å². The molecule has 1 fully saturated rings. The molecular weight excluding hydrogens is 251 g/mol. The average molecular weight is 266 g/mol. The van der Waals surface area contributed by atoms with E-state index in [9.17, 15) is 14.0 Å². The van der Waals surface area contributed by atoms with Crippen molar-refractivity contribution >= 4 is 17.7 Å². The van der Waals surface area contributed by atoms with Crippen LogP contribution in [0.2, 0.25) is 0 Å². The number of benzene rings is 1. The molecule has 5 nitrogen and oxygen atoms in total. The number of carbonyl (C=O) groups is 2. The summed E-state index contributed by atoms with van der Waals surface area (Å²) in [6, 6.07) is 4.06. The molecule has 0 bridgehead atoms. The van der Waals surface area contributed by atoms with E-state index in [4.69, 9.17) is 5.11 Å². The molecule has 1 unspecified atom stereocenters. The molecule has 0 saturated carbocycles.